The second-order valence-corrected chi connectivity index (χ2v) is 17.8. The minimum absolute atomic E-state index is 0.0938. The van der Waals surface area contributed by atoms with Crippen LogP contribution in [0.3, 0.4) is 0 Å². The molecule has 0 N–H and O–H groups in total. The first kappa shape index (κ1) is 60.9. The van der Waals surface area contributed by atoms with Gasteiger partial charge >= 0.3 is 17.9 Å². The summed E-state index contributed by atoms with van der Waals surface area (Å²) in [6, 6.07) is 0. The quantitative estimate of drug-likeness (QED) is 0.0199. The highest BCUT2D eigenvalue weighted by Crippen LogP contribution is 2.14. The second kappa shape index (κ2) is 52.5. The number of unbranched alkanes of at least 4 members (excludes halogenated alkanes) is 27. The van der Waals surface area contributed by atoms with Crippen LogP contribution < -0.4 is 0 Å². The molecule has 0 rings (SSSR count). The Kier molecular flexibility index (Phi) is 49.9. The number of rotatable bonds is 48. The summed E-state index contributed by atoms with van der Waals surface area (Å²) in [5.74, 6) is -0.948. The molecule has 0 aliphatic heterocycles. The molecule has 0 heterocycles. The van der Waals surface area contributed by atoms with Crippen LogP contribution in [0.1, 0.15) is 258 Å². The van der Waals surface area contributed by atoms with Gasteiger partial charge in [-0.2, -0.15) is 0 Å². The molecule has 0 saturated carbocycles. The van der Waals surface area contributed by atoms with E-state index >= 15 is 0 Å². The molecule has 1 unspecified atom stereocenters. The van der Waals surface area contributed by atoms with E-state index in [1.807, 2.05) is 0 Å². The van der Waals surface area contributed by atoms with Gasteiger partial charge in [0.05, 0.1) is 0 Å². The van der Waals surface area contributed by atoms with E-state index < -0.39 is 6.10 Å². The van der Waals surface area contributed by atoms with Gasteiger partial charge in [0.1, 0.15) is 13.2 Å². The van der Waals surface area contributed by atoms with Crippen LogP contribution in [0.4, 0.5) is 0 Å². The molecule has 0 aromatic carbocycles. The van der Waals surface area contributed by atoms with Crippen molar-refractivity contribution in [1.29, 1.82) is 0 Å². The molecule has 0 aliphatic carbocycles. The van der Waals surface area contributed by atoms with E-state index in [1.165, 1.54) is 128 Å². The summed E-state index contributed by atoms with van der Waals surface area (Å²) < 4.78 is 16.7. The monoisotopic (exact) mass is 893 g/mol. The number of hydrogen-bond acceptors (Lipinski definition) is 6. The molecule has 0 aromatic rings. The maximum atomic E-state index is 12.8. The average Bonchev–Trinajstić information content (AvgIpc) is 3.29. The molecule has 6 nitrogen and oxygen atoms in total. The standard InChI is InChI=1S/C58H100O6/c1-4-7-10-13-16-19-21-23-25-27-29-31-32-34-36-39-42-45-48-51-57(60)63-54-55(53-62-56(59)50-47-44-41-38-18-15-12-9-6-3)64-58(61)52-49-46-43-40-37-35-33-30-28-26-24-22-20-17-14-11-8-5-2/h9,12,16,18-19,21,23,26,28,30,33,38,55H,4-8,10-11,13-15,17,20,22,24-25,27,29,31-32,34-37,39-54H2,1-3H3/b12-9-,19-16-,23-21-,28-26-,33-30-,38-18-. The first-order valence-electron chi connectivity index (χ1n) is 27.0. The lowest BCUT2D eigenvalue weighted by molar-refractivity contribution is -0.167. The van der Waals surface area contributed by atoms with E-state index in [9.17, 15) is 14.4 Å². The molecule has 0 radical (unpaired) electrons. The number of ether oxygens (including phenoxy) is 3. The first-order valence-corrected chi connectivity index (χ1v) is 27.0. The van der Waals surface area contributed by atoms with Gasteiger partial charge in [-0.25, -0.2) is 0 Å². The SMILES string of the molecule is CC/C=C\C/C=C\CCCCC(=O)OCC(COC(=O)CCCCCCCCCCCC/C=C\C=C/CCCCC)OC(=O)CCCCCCC/C=C\C=C/CCCCCCCCC. The zero-order valence-electron chi connectivity index (χ0n) is 42.0. The molecular weight excluding hydrogens is 793 g/mol. The molecule has 0 spiro atoms. The van der Waals surface area contributed by atoms with E-state index in [1.54, 1.807) is 0 Å². The van der Waals surface area contributed by atoms with Crippen LogP contribution in [0.15, 0.2) is 72.9 Å². The zero-order valence-corrected chi connectivity index (χ0v) is 42.0. The molecule has 0 saturated heterocycles. The van der Waals surface area contributed by atoms with Crippen LogP contribution in [-0.4, -0.2) is 37.2 Å². The van der Waals surface area contributed by atoms with Crippen molar-refractivity contribution < 1.29 is 28.6 Å². The van der Waals surface area contributed by atoms with E-state index in [0.29, 0.717) is 19.3 Å². The fraction of sp³-hybridized carbons (Fsp3) is 0.741. The molecule has 0 aromatic heterocycles. The minimum Gasteiger partial charge on any atom is -0.462 e. The third-order valence-corrected chi connectivity index (χ3v) is 11.5. The van der Waals surface area contributed by atoms with Crippen LogP contribution in [0.2, 0.25) is 0 Å². The van der Waals surface area contributed by atoms with E-state index in [4.69, 9.17) is 14.2 Å². The number of carbonyl (C=O) groups excluding carboxylic acids is 3. The van der Waals surface area contributed by atoms with Crippen molar-refractivity contribution in [3.05, 3.63) is 72.9 Å². The summed E-state index contributed by atoms with van der Waals surface area (Å²) in [5, 5.41) is 0. The zero-order chi connectivity index (χ0) is 46.5. The van der Waals surface area contributed by atoms with Crippen molar-refractivity contribution in [2.24, 2.45) is 0 Å². The average molecular weight is 893 g/mol. The molecule has 0 aliphatic rings. The van der Waals surface area contributed by atoms with Gasteiger partial charge in [0.2, 0.25) is 0 Å². The highest BCUT2D eigenvalue weighted by Gasteiger charge is 2.19. The van der Waals surface area contributed by atoms with Gasteiger partial charge < -0.3 is 14.2 Å². The molecule has 0 fully saturated rings. The second-order valence-electron chi connectivity index (χ2n) is 17.8. The summed E-state index contributed by atoms with van der Waals surface area (Å²) in [4.78, 5) is 37.9. The molecule has 6 heteroatoms. The largest absolute Gasteiger partial charge is 0.462 e. The van der Waals surface area contributed by atoms with Crippen molar-refractivity contribution in [2.75, 3.05) is 13.2 Å². The Morgan fingerprint density at radius 2 is 0.656 bits per heavy atom. The van der Waals surface area contributed by atoms with Gasteiger partial charge in [0.15, 0.2) is 6.10 Å². The fourth-order valence-electron chi connectivity index (χ4n) is 7.40. The van der Waals surface area contributed by atoms with Crippen LogP contribution >= 0.6 is 0 Å². The number of carbonyl (C=O) groups is 3. The normalized spacial score (nSPS) is 12.6. The van der Waals surface area contributed by atoms with Crippen LogP contribution in [-0.2, 0) is 28.6 Å². The minimum atomic E-state index is -0.797. The summed E-state index contributed by atoms with van der Waals surface area (Å²) >= 11 is 0. The summed E-state index contributed by atoms with van der Waals surface area (Å²) in [5.41, 5.74) is 0. The Morgan fingerprint density at radius 3 is 1.09 bits per heavy atom. The number of hydrogen-bond donors (Lipinski definition) is 0. The third-order valence-electron chi connectivity index (χ3n) is 11.5. The van der Waals surface area contributed by atoms with Crippen LogP contribution in [0.5, 0.6) is 0 Å². The van der Waals surface area contributed by atoms with Gasteiger partial charge in [-0.05, 0) is 96.3 Å². The number of allylic oxidation sites excluding steroid dienone is 12. The lowest BCUT2D eigenvalue weighted by atomic mass is 10.1. The Hall–Kier alpha value is -3.15. The highest BCUT2D eigenvalue weighted by atomic mass is 16.6. The van der Waals surface area contributed by atoms with Gasteiger partial charge in [-0.3, -0.25) is 14.4 Å². The number of esters is 3. The Morgan fingerprint density at radius 1 is 0.344 bits per heavy atom. The van der Waals surface area contributed by atoms with E-state index in [0.717, 1.165) is 89.9 Å². The molecule has 0 amide bonds. The van der Waals surface area contributed by atoms with Crippen molar-refractivity contribution in [1.82, 2.24) is 0 Å². The first-order chi connectivity index (χ1) is 31.5. The van der Waals surface area contributed by atoms with Crippen LogP contribution in [0, 0.1) is 0 Å². The van der Waals surface area contributed by atoms with Gasteiger partial charge in [-0.1, -0.05) is 216 Å². The molecule has 0 bridgehead atoms. The maximum absolute atomic E-state index is 12.8. The molecular formula is C58H100O6. The van der Waals surface area contributed by atoms with Crippen molar-refractivity contribution >= 4 is 17.9 Å². The van der Waals surface area contributed by atoms with Crippen molar-refractivity contribution in [3.63, 3.8) is 0 Å². The summed E-state index contributed by atoms with van der Waals surface area (Å²) in [7, 11) is 0. The predicted octanol–water partition coefficient (Wildman–Crippen LogP) is 17.8. The Bertz CT molecular complexity index is 1210. The lowest BCUT2D eigenvalue weighted by Gasteiger charge is -2.18. The van der Waals surface area contributed by atoms with E-state index in [2.05, 4.69) is 93.7 Å². The molecule has 64 heavy (non-hydrogen) atoms. The predicted molar refractivity (Wildman–Crippen MR) is 274 cm³/mol. The summed E-state index contributed by atoms with van der Waals surface area (Å²) in [6.07, 6.45) is 66.2. The van der Waals surface area contributed by atoms with Gasteiger partial charge in [-0.15, -0.1) is 0 Å². The van der Waals surface area contributed by atoms with Gasteiger partial charge in [0.25, 0.3) is 0 Å². The van der Waals surface area contributed by atoms with E-state index in [-0.39, 0.29) is 31.1 Å². The third kappa shape index (κ3) is 49.9. The Labute approximate surface area is 395 Å². The molecule has 1 atom stereocenters. The van der Waals surface area contributed by atoms with Crippen molar-refractivity contribution in [3.8, 4) is 0 Å². The maximum Gasteiger partial charge on any atom is 0.306 e. The van der Waals surface area contributed by atoms with Gasteiger partial charge in [0, 0.05) is 19.3 Å². The van der Waals surface area contributed by atoms with Crippen molar-refractivity contribution in [2.45, 2.75) is 264 Å². The fourth-order valence-corrected chi connectivity index (χ4v) is 7.40. The van der Waals surface area contributed by atoms with Crippen LogP contribution in [0.25, 0.3) is 0 Å². The molecule has 368 valence electrons. The topological polar surface area (TPSA) is 78.9 Å². The Balaban J connectivity index is 4.34. The smallest absolute Gasteiger partial charge is 0.306 e. The summed E-state index contributed by atoms with van der Waals surface area (Å²) in [6.45, 7) is 6.44. The lowest BCUT2D eigenvalue weighted by Crippen LogP contribution is -2.30. The highest BCUT2D eigenvalue weighted by molar-refractivity contribution is 5.71.